The summed E-state index contributed by atoms with van der Waals surface area (Å²) in [7, 11) is -1.71. The van der Waals surface area contributed by atoms with Crippen LogP contribution < -0.4 is 4.90 Å². The first-order chi connectivity index (χ1) is 9.91. The number of hydrogen-bond acceptors (Lipinski definition) is 3. The van der Waals surface area contributed by atoms with Crippen LogP contribution in [0.4, 0.5) is 5.69 Å². The van der Waals surface area contributed by atoms with Gasteiger partial charge in [-0.25, -0.2) is 8.42 Å². The molecule has 0 saturated carbocycles. The second-order valence-electron chi connectivity index (χ2n) is 5.19. The first-order valence-electron chi connectivity index (χ1n) is 7.31. The van der Waals surface area contributed by atoms with Crippen LogP contribution in [0, 0.1) is 0 Å². The summed E-state index contributed by atoms with van der Waals surface area (Å²) < 4.78 is 26.6. The van der Waals surface area contributed by atoms with Crippen LogP contribution in [0.3, 0.4) is 0 Å². The first kappa shape index (κ1) is 16.0. The lowest BCUT2D eigenvalue weighted by molar-refractivity contribution is -0.118. The lowest BCUT2D eigenvalue weighted by Crippen LogP contribution is -2.31. The van der Waals surface area contributed by atoms with E-state index in [9.17, 15) is 13.2 Å². The molecule has 1 heterocycles. The maximum Gasteiger partial charge on any atom is 0.243 e. The Morgan fingerprint density at radius 3 is 2.48 bits per heavy atom. The summed E-state index contributed by atoms with van der Waals surface area (Å²) in [6.45, 7) is 4.57. The van der Waals surface area contributed by atoms with Gasteiger partial charge in [0.15, 0.2) is 0 Å². The van der Waals surface area contributed by atoms with Crippen molar-refractivity contribution in [2.24, 2.45) is 0 Å². The monoisotopic (exact) mass is 310 g/mol. The number of anilines is 1. The molecule has 1 aromatic carbocycles. The molecule has 0 aromatic heterocycles. The Kier molecular flexibility index (Phi) is 4.68. The Balaban J connectivity index is 2.46. The van der Waals surface area contributed by atoms with Crippen molar-refractivity contribution in [3.63, 3.8) is 0 Å². The third kappa shape index (κ3) is 2.96. The quantitative estimate of drug-likeness (QED) is 0.855. The largest absolute Gasteiger partial charge is 0.315 e. The van der Waals surface area contributed by atoms with E-state index in [1.54, 1.807) is 30.1 Å². The topological polar surface area (TPSA) is 57.7 Å². The number of nitrogens with zero attached hydrogens (tertiary/aromatic N) is 2. The molecule has 1 aromatic rings. The molecule has 21 heavy (non-hydrogen) atoms. The molecule has 0 aliphatic carbocycles. The lowest BCUT2D eigenvalue weighted by atomic mass is 10.1. The zero-order valence-electron chi connectivity index (χ0n) is 12.8. The van der Waals surface area contributed by atoms with Crippen LogP contribution in [-0.2, 0) is 21.2 Å². The van der Waals surface area contributed by atoms with Crippen LogP contribution in [0.5, 0.6) is 0 Å². The standard InChI is InChI=1S/C15H22N2O3S/c1-4-17(5-2)21(19,20)13-9-10-14-12(11-13)7-6-8-15(18)16(14)3/h9-11H,4-8H2,1-3H3. The summed E-state index contributed by atoms with van der Waals surface area (Å²) >= 11 is 0. The fourth-order valence-corrected chi connectivity index (χ4v) is 4.20. The Hall–Kier alpha value is -1.40. The molecular formula is C15H22N2O3S. The summed E-state index contributed by atoms with van der Waals surface area (Å²) in [5.74, 6) is 0.0769. The molecule has 0 unspecified atom stereocenters. The summed E-state index contributed by atoms with van der Waals surface area (Å²) in [4.78, 5) is 13.8. The van der Waals surface area contributed by atoms with Gasteiger partial charge in [0.05, 0.1) is 4.90 Å². The highest BCUT2D eigenvalue weighted by atomic mass is 32.2. The number of carbonyl (C=O) groups excluding carboxylic acids is 1. The number of sulfonamides is 1. The Morgan fingerprint density at radius 1 is 1.19 bits per heavy atom. The van der Waals surface area contributed by atoms with Gasteiger partial charge < -0.3 is 4.90 Å². The smallest absolute Gasteiger partial charge is 0.243 e. The number of benzene rings is 1. The Labute approximate surface area is 126 Å². The van der Waals surface area contributed by atoms with Crippen LogP contribution in [-0.4, -0.2) is 38.8 Å². The highest BCUT2D eigenvalue weighted by Gasteiger charge is 2.25. The molecule has 0 atom stereocenters. The van der Waals surface area contributed by atoms with E-state index in [2.05, 4.69) is 0 Å². The highest BCUT2D eigenvalue weighted by Crippen LogP contribution is 2.29. The second-order valence-corrected chi connectivity index (χ2v) is 7.12. The molecule has 0 spiro atoms. The van der Waals surface area contributed by atoms with Crippen molar-refractivity contribution in [1.29, 1.82) is 0 Å². The van der Waals surface area contributed by atoms with E-state index in [1.165, 1.54) is 4.31 Å². The van der Waals surface area contributed by atoms with Crippen molar-refractivity contribution in [1.82, 2.24) is 4.31 Å². The van der Waals surface area contributed by atoms with Crippen molar-refractivity contribution in [2.45, 2.75) is 38.0 Å². The van der Waals surface area contributed by atoms with Crippen molar-refractivity contribution in [3.05, 3.63) is 23.8 Å². The van der Waals surface area contributed by atoms with Crippen molar-refractivity contribution in [2.75, 3.05) is 25.0 Å². The minimum absolute atomic E-state index is 0.0769. The molecule has 0 fully saturated rings. The van der Waals surface area contributed by atoms with Gasteiger partial charge in [0.1, 0.15) is 0 Å². The zero-order valence-corrected chi connectivity index (χ0v) is 13.6. The average Bonchev–Trinajstić information content (AvgIpc) is 2.60. The van der Waals surface area contributed by atoms with Gasteiger partial charge in [0.2, 0.25) is 15.9 Å². The van der Waals surface area contributed by atoms with Crippen LogP contribution in [0.2, 0.25) is 0 Å². The molecule has 1 amide bonds. The second kappa shape index (κ2) is 6.15. The van der Waals surface area contributed by atoms with Crippen molar-refractivity contribution in [3.8, 4) is 0 Å². The Bertz CT molecular complexity index is 636. The maximum absolute atomic E-state index is 12.6. The normalized spacial score (nSPS) is 16.0. The van der Waals surface area contributed by atoms with E-state index in [-0.39, 0.29) is 5.91 Å². The average molecular weight is 310 g/mol. The summed E-state index contributed by atoms with van der Waals surface area (Å²) in [6.07, 6.45) is 1.99. The maximum atomic E-state index is 12.6. The van der Waals surface area contributed by atoms with E-state index < -0.39 is 10.0 Å². The van der Waals surface area contributed by atoms with E-state index >= 15 is 0 Å². The molecule has 5 nitrogen and oxygen atoms in total. The van der Waals surface area contributed by atoms with Gasteiger partial charge in [-0.2, -0.15) is 4.31 Å². The number of aryl methyl sites for hydroxylation is 1. The number of carbonyl (C=O) groups is 1. The van der Waals surface area contributed by atoms with Crippen LogP contribution in [0.1, 0.15) is 32.3 Å². The van der Waals surface area contributed by atoms with Crippen LogP contribution >= 0.6 is 0 Å². The van der Waals surface area contributed by atoms with Gasteiger partial charge in [-0.05, 0) is 36.6 Å². The first-order valence-corrected chi connectivity index (χ1v) is 8.75. The molecular weight excluding hydrogens is 288 g/mol. The number of amides is 1. The summed E-state index contributed by atoms with van der Waals surface area (Å²) in [6, 6.07) is 5.06. The third-order valence-electron chi connectivity index (χ3n) is 3.97. The fourth-order valence-electron chi connectivity index (χ4n) is 2.69. The predicted molar refractivity (Wildman–Crippen MR) is 82.9 cm³/mol. The van der Waals surface area contributed by atoms with Crippen molar-refractivity contribution >= 4 is 21.6 Å². The number of hydrogen-bond donors (Lipinski definition) is 0. The highest BCUT2D eigenvalue weighted by molar-refractivity contribution is 7.89. The zero-order chi connectivity index (χ0) is 15.6. The molecule has 0 radical (unpaired) electrons. The van der Waals surface area contributed by atoms with E-state index in [4.69, 9.17) is 0 Å². The predicted octanol–water partition coefficient (Wildman–Crippen LogP) is 2.02. The summed E-state index contributed by atoms with van der Waals surface area (Å²) in [5.41, 5.74) is 1.74. The molecule has 1 aliphatic rings. The van der Waals surface area contributed by atoms with Gasteiger partial charge in [-0.3, -0.25) is 4.79 Å². The molecule has 116 valence electrons. The molecule has 2 rings (SSSR count). The van der Waals surface area contributed by atoms with Gasteiger partial charge in [0.25, 0.3) is 0 Å². The SMILES string of the molecule is CCN(CC)S(=O)(=O)c1ccc2c(c1)CCCC(=O)N2C. The molecule has 1 aliphatic heterocycles. The lowest BCUT2D eigenvalue weighted by Gasteiger charge is -2.21. The van der Waals surface area contributed by atoms with E-state index in [1.807, 2.05) is 13.8 Å². The fraction of sp³-hybridized carbons (Fsp3) is 0.533. The van der Waals surface area contributed by atoms with E-state index in [0.717, 1.165) is 24.1 Å². The van der Waals surface area contributed by atoms with Crippen molar-refractivity contribution < 1.29 is 13.2 Å². The molecule has 0 saturated heterocycles. The van der Waals surface area contributed by atoms with E-state index in [0.29, 0.717) is 24.4 Å². The number of rotatable bonds is 4. The number of fused-ring (bicyclic) bond motifs is 1. The summed E-state index contributed by atoms with van der Waals surface area (Å²) in [5, 5.41) is 0. The molecule has 0 N–H and O–H groups in total. The minimum Gasteiger partial charge on any atom is -0.315 e. The minimum atomic E-state index is -3.45. The van der Waals surface area contributed by atoms with Gasteiger partial charge in [0, 0.05) is 32.2 Å². The van der Waals surface area contributed by atoms with Crippen LogP contribution in [0.15, 0.2) is 23.1 Å². The molecule has 6 heteroatoms. The van der Waals surface area contributed by atoms with Gasteiger partial charge >= 0.3 is 0 Å². The third-order valence-corrected chi connectivity index (χ3v) is 6.01. The van der Waals surface area contributed by atoms with Gasteiger partial charge in [-0.15, -0.1) is 0 Å². The Morgan fingerprint density at radius 2 is 1.86 bits per heavy atom. The van der Waals surface area contributed by atoms with Crippen LogP contribution in [0.25, 0.3) is 0 Å². The molecule has 0 bridgehead atoms. The van der Waals surface area contributed by atoms with Gasteiger partial charge in [-0.1, -0.05) is 13.8 Å².